The minimum absolute atomic E-state index is 0.254. The monoisotopic (exact) mass is 589 g/mol. The Morgan fingerprint density at radius 1 is 0.727 bits per heavy atom. The molecule has 0 spiro atoms. The molecule has 1 atom stereocenters. The third-order valence-electron chi connectivity index (χ3n) is 9.22. The van der Waals surface area contributed by atoms with Gasteiger partial charge in [-0.25, -0.2) is 0 Å². The fourth-order valence-corrected chi connectivity index (χ4v) is 8.04. The molecule has 1 unspecified atom stereocenters. The number of nitrogens with one attached hydrogen (secondary N) is 1. The van der Waals surface area contributed by atoms with Gasteiger partial charge in [0.2, 0.25) is 0 Å². The molecule has 0 saturated carbocycles. The van der Waals surface area contributed by atoms with Gasteiger partial charge in [-0.3, -0.25) is 0 Å². The van der Waals surface area contributed by atoms with Crippen molar-refractivity contribution in [3.63, 3.8) is 0 Å². The molecule has 0 bridgehead atoms. The number of thiophene rings is 1. The first kappa shape index (κ1) is 28.5. The molecular formula is C42H39NS. The SMILES string of the molecule is Cc1ccccc1-c1cccc(C2=CCCCc3sc4cc(C(C)NCc5cccc(-c6ccccc6)c5)ccc4c32)c1C. The molecule has 1 aliphatic carbocycles. The molecule has 2 heteroatoms. The minimum atomic E-state index is 0.254. The molecule has 1 nitrogen and oxygen atoms in total. The first-order valence-corrected chi connectivity index (χ1v) is 16.7. The van der Waals surface area contributed by atoms with E-state index in [-0.39, 0.29) is 6.04 Å². The molecular weight excluding hydrogens is 551 g/mol. The zero-order valence-electron chi connectivity index (χ0n) is 25.9. The smallest absolute Gasteiger partial charge is 0.0355 e. The maximum atomic E-state index is 3.79. The van der Waals surface area contributed by atoms with E-state index in [2.05, 4.69) is 147 Å². The molecule has 0 aliphatic heterocycles. The summed E-state index contributed by atoms with van der Waals surface area (Å²) < 4.78 is 1.40. The number of aryl methyl sites for hydroxylation is 2. The lowest BCUT2D eigenvalue weighted by Crippen LogP contribution is -2.18. The summed E-state index contributed by atoms with van der Waals surface area (Å²) in [6.45, 7) is 7.64. The molecule has 1 aliphatic rings. The Hall–Kier alpha value is -4.24. The van der Waals surface area contributed by atoms with E-state index in [1.54, 1.807) is 0 Å². The summed E-state index contributed by atoms with van der Waals surface area (Å²) in [4.78, 5) is 1.53. The minimum Gasteiger partial charge on any atom is -0.306 e. The third kappa shape index (κ3) is 5.56. The van der Waals surface area contributed by atoms with Crippen LogP contribution in [0.2, 0.25) is 0 Å². The summed E-state index contributed by atoms with van der Waals surface area (Å²) in [5, 5.41) is 5.19. The van der Waals surface area contributed by atoms with Gasteiger partial charge in [0.1, 0.15) is 0 Å². The van der Waals surface area contributed by atoms with Crippen LogP contribution < -0.4 is 5.32 Å². The van der Waals surface area contributed by atoms with Crippen LogP contribution in [0.3, 0.4) is 0 Å². The Balaban J connectivity index is 1.17. The van der Waals surface area contributed by atoms with Crippen molar-refractivity contribution in [2.45, 2.75) is 52.6 Å². The first-order valence-electron chi connectivity index (χ1n) is 15.9. The maximum absolute atomic E-state index is 3.79. The molecule has 5 aromatic carbocycles. The van der Waals surface area contributed by atoms with Gasteiger partial charge in [-0.1, -0.05) is 109 Å². The average molecular weight is 590 g/mol. The van der Waals surface area contributed by atoms with Crippen LogP contribution in [0.15, 0.2) is 121 Å². The molecule has 6 aromatic rings. The van der Waals surface area contributed by atoms with E-state index in [1.807, 2.05) is 11.3 Å². The Morgan fingerprint density at radius 3 is 2.34 bits per heavy atom. The largest absolute Gasteiger partial charge is 0.306 e. The van der Waals surface area contributed by atoms with E-state index < -0.39 is 0 Å². The molecule has 1 heterocycles. The van der Waals surface area contributed by atoms with E-state index in [0.717, 1.165) is 19.4 Å². The molecule has 0 fully saturated rings. The highest BCUT2D eigenvalue weighted by Gasteiger charge is 2.22. The number of fused-ring (bicyclic) bond motifs is 3. The van der Waals surface area contributed by atoms with Gasteiger partial charge >= 0.3 is 0 Å². The lowest BCUT2D eigenvalue weighted by molar-refractivity contribution is 0.575. The van der Waals surface area contributed by atoms with Crippen LogP contribution in [0.25, 0.3) is 37.9 Å². The second kappa shape index (κ2) is 12.4. The van der Waals surface area contributed by atoms with Gasteiger partial charge in [-0.05, 0) is 108 Å². The van der Waals surface area contributed by atoms with E-state index >= 15 is 0 Å². The molecule has 218 valence electrons. The Kier molecular flexibility index (Phi) is 8.04. The van der Waals surface area contributed by atoms with Crippen LogP contribution in [-0.2, 0) is 13.0 Å². The van der Waals surface area contributed by atoms with Crippen LogP contribution in [0.4, 0.5) is 0 Å². The second-order valence-electron chi connectivity index (χ2n) is 12.1. The van der Waals surface area contributed by atoms with Crippen molar-refractivity contribution in [3.05, 3.63) is 160 Å². The lowest BCUT2D eigenvalue weighted by atomic mass is 9.87. The predicted octanol–water partition coefficient (Wildman–Crippen LogP) is 11.5. The van der Waals surface area contributed by atoms with E-state index in [4.69, 9.17) is 0 Å². The summed E-state index contributed by atoms with van der Waals surface area (Å²) in [5.41, 5.74) is 14.8. The van der Waals surface area contributed by atoms with Crippen LogP contribution >= 0.6 is 11.3 Å². The zero-order valence-corrected chi connectivity index (χ0v) is 26.7. The number of hydrogen-bond donors (Lipinski definition) is 1. The first-order chi connectivity index (χ1) is 21.6. The molecule has 7 rings (SSSR count). The summed E-state index contributed by atoms with van der Waals surface area (Å²) in [7, 11) is 0. The third-order valence-corrected chi connectivity index (χ3v) is 10.4. The van der Waals surface area contributed by atoms with Gasteiger partial charge in [0.25, 0.3) is 0 Å². The Bertz CT molecular complexity index is 1980. The van der Waals surface area contributed by atoms with Gasteiger partial charge in [-0.2, -0.15) is 0 Å². The highest BCUT2D eigenvalue weighted by Crippen LogP contribution is 2.44. The van der Waals surface area contributed by atoms with Crippen LogP contribution in [0.1, 0.15) is 64.1 Å². The van der Waals surface area contributed by atoms with E-state index in [0.29, 0.717) is 0 Å². The van der Waals surface area contributed by atoms with Crippen LogP contribution in [-0.4, -0.2) is 0 Å². The van der Waals surface area contributed by atoms with Crippen LogP contribution in [0, 0.1) is 13.8 Å². The van der Waals surface area contributed by atoms with Gasteiger partial charge < -0.3 is 5.32 Å². The number of rotatable bonds is 7. The fraction of sp³-hybridized carbons (Fsp3) is 0.190. The molecule has 0 radical (unpaired) electrons. The summed E-state index contributed by atoms with van der Waals surface area (Å²) >= 11 is 2.00. The van der Waals surface area contributed by atoms with Crippen molar-refractivity contribution in [3.8, 4) is 22.3 Å². The van der Waals surface area contributed by atoms with Crippen molar-refractivity contribution >= 4 is 27.0 Å². The Morgan fingerprint density at radius 2 is 1.48 bits per heavy atom. The quantitative estimate of drug-likeness (QED) is 0.195. The summed E-state index contributed by atoms with van der Waals surface area (Å²) in [6, 6.07) is 42.5. The molecule has 1 N–H and O–H groups in total. The summed E-state index contributed by atoms with van der Waals surface area (Å²) in [6.07, 6.45) is 5.97. The highest BCUT2D eigenvalue weighted by molar-refractivity contribution is 7.19. The van der Waals surface area contributed by atoms with Crippen LogP contribution in [0.5, 0.6) is 0 Å². The standard InChI is InChI=1S/C42H39NS/c1-28-13-7-8-18-35(28)36-20-12-21-37(29(36)2)38-19-9-10-22-40-42(38)39-24-23-33(26-41(39)44-40)30(3)43-27-31-14-11-17-34(25-31)32-15-5-4-6-16-32/h4-8,11-21,23-26,30,43H,9-10,22,27H2,1-3H3. The normalized spacial score (nSPS) is 13.8. The molecule has 1 aromatic heterocycles. The van der Waals surface area contributed by atoms with Crippen molar-refractivity contribution in [1.82, 2.24) is 5.32 Å². The number of hydrogen-bond acceptors (Lipinski definition) is 2. The number of allylic oxidation sites excluding steroid dienone is 1. The maximum Gasteiger partial charge on any atom is 0.0355 e. The van der Waals surface area contributed by atoms with E-state index in [1.165, 1.54) is 82.6 Å². The lowest BCUT2D eigenvalue weighted by Gasteiger charge is -2.17. The Labute approximate surface area is 265 Å². The van der Waals surface area contributed by atoms with E-state index in [9.17, 15) is 0 Å². The van der Waals surface area contributed by atoms with Gasteiger partial charge in [0, 0.05) is 33.1 Å². The molecule has 0 saturated heterocycles. The van der Waals surface area contributed by atoms with Crippen molar-refractivity contribution in [1.29, 1.82) is 0 Å². The topological polar surface area (TPSA) is 12.0 Å². The van der Waals surface area contributed by atoms with Crippen molar-refractivity contribution < 1.29 is 0 Å². The van der Waals surface area contributed by atoms with Gasteiger partial charge in [0.05, 0.1) is 0 Å². The molecule has 0 amide bonds. The summed E-state index contributed by atoms with van der Waals surface area (Å²) in [5.74, 6) is 0. The van der Waals surface area contributed by atoms with Crippen molar-refractivity contribution in [2.75, 3.05) is 0 Å². The van der Waals surface area contributed by atoms with Gasteiger partial charge in [0.15, 0.2) is 0 Å². The van der Waals surface area contributed by atoms with Gasteiger partial charge in [-0.15, -0.1) is 11.3 Å². The highest BCUT2D eigenvalue weighted by atomic mass is 32.1. The number of benzene rings is 5. The average Bonchev–Trinajstić information content (AvgIpc) is 3.29. The molecule has 44 heavy (non-hydrogen) atoms. The van der Waals surface area contributed by atoms with Crippen molar-refractivity contribution in [2.24, 2.45) is 0 Å². The fourth-order valence-electron chi connectivity index (χ4n) is 6.73. The second-order valence-corrected chi connectivity index (χ2v) is 13.3. The zero-order chi connectivity index (χ0) is 30.0. The predicted molar refractivity (Wildman–Crippen MR) is 190 cm³/mol.